The monoisotopic (exact) mass is 283 g/mol. The molecule has 2 N–H and O–H groups in total. The fraction of sp³-hybridized carbons (Fsp3) is 0.333. The highest BCUT2D eigenvalue weighted by atomic mass is 16.5. The van der Waals surface area contributed by atoms with Crippen LogP contribution >= 0.6 is 0 Å². The predicted octanol–water partition coefficient (Wildman–Crippen LogP) is 3.59. The van der Waals surface area contributed by atoms with E-state index in [0.717, 1.165) is 41.0 Å². The van der Waals surface area contributed by atoms with Gasteiger partial charge in [0, 0.05) is 5.56 Å². The van der Waals surface area contributed by atoms with Crippen molar-refractivity contribution in [2.45, 2.75) is 31.9 Å². The van der Waals surface area contributed by atoms with Crippen molar-refractivity contribution in [1.82, 2.24) is 0 Å². The molecule has 21 heavy (non-hydrogen) atoms. The molecular weight excluding hydrogens is 262 g/mol. The summed E-state index contributed by atoms with van der Waals surface area (Å²) >= 11 is 0. The van der Waals surface area contributed by atoms with Crippen molar-refractivity contribution in [3.8, 4) is 11.5 Å². The first kappa shape index (κ1) is 14.0. The summed E-state index contributed by atoms with van der Waals surface area (Å²) in [6.45, 7) is 2.04. The standard InChI is InChI=1S/C18H21NO2/c1-12-6-9-16(17(10-12)20-2)18(19)13-4-3-5-15(11-13)21-14-7-8-14/h3-6,9-11,14,18H,7-8,19H2,1-2H3. The van der Waals surface area contributed by atoms with E-state index in [-0.39, 0.29) is 6.04 Å². The van der Waals surface area contributed by atoms with E-state index in [1.807, 2.05) is 43.3 Å². The summed E-state index contributed by atoms with van der Waals surface area (Å²) in [4.78, 5) is 0. The maximum Gasteiger partial charge on any atom is 0.124 e. The largest absolute Gasteiger partial charge is 0.496 e. The van der Waals surface area contributed by atoms with E-state index in [1.165, 1.54) is 0 Å². The minimum atomic E-state index is -0.219. The molecule has 1 aliphatic rings. The summed E-state index contributed by atoms with van der Waals surface area (Å²) in [6, 6.07) is 13.9. The molecule has 3 nitrogen and oxygen atoms in total. The van der Waals surface area contributed by atoms with Crippen molar-refractivity contribution < 1.29 is 9.47 Å². The summed E-state index contributed by atoms with van der Waals surface area (Å²) in [5.74, 6) is 1.73. The molecule has 0 saturated heterocycles. The number of hydrogen-bond acceptors (Lipinski definition) is 3. The van der Waals surface area contributed by atoms with Crippen LogP contribution in [0.25, 0.3) is 0 Å². The normalized spacial score (nSPS) is 15.6. The van der Waals surface area contributed by atoms with Crippen LogP contribution in [0.3, 0.4) is 0 Å². The lowest BCUT2D eigenvalue weighted by Gasteiger charge is -2.17. The Hall–Kier alpha value is -2.00. The first-order valence-electron chi connectivity index (χ1n) is 7.34. The van der Waals surface area contributed by atoms with E-state index < -0.39 is 0 Å². The molecule has 0 aliphatic heterocycles. The molecule has 0 amide bonds. The Morgan fingerprint density at radius 2 is 1.95 bits per heavy atom. The van der Waals surface area contributed by atoms with Crippen LogP contribution in [-0.4, -0.2) is 13.2 Å². The van der Waals surface area contributed by atoms with E-state index >= 15 is 0 Å². The van der Waals surface area contributed by atoms with Crippen LogP contribution in [0.1, 0.15) is 35.6 Å². The molecule has 2 aromatic carbocycles. The van der Waals surface area contributed by atoms with Crippen LogP contribution in [0.4, 0.5) is 0 Å². The van der Waals surface area contributed by atoms with Crippen LogP contribution in [0.5, 0.6) is 11.5 Å². The van der Waals surface area contributed by atoms with Crippen LogP contribution in [0.2, 0.25) is 0 Å². The van der Waals surface area contributed by atoms with E-state index in [2.05, 4.69) is 6.07 Å². The van der Waals surface area contributed by atoms with E-state index in [0.29, 0.717) is 6.10 Å². The summed E-state index contributed by atoms with van der Waals surface area (Å²) in [6.07, 6.45) is 2.70. The summed E-state index contributed by atoms with van der Waals surface area (Å²) in [5.41, 5.74) is 9.61. The Morgan fingerprint density at radius 3 is 2.67 bits per heavy atom. The maximum absolute atomic E-state index is 6.42. The van der Waals surface area contributed by atoms with Gasteiger partial charge in [0.15, 0.2) is 0 Å². The Bertz CT molecular complexity index is 635. The Kier molecular flexibility index (Phi) is 3.84. The number of ether oxygens (including phenoxy) is 2. The zero-order chi connectivity index (χ0) is 14.8. The molecule has 1 aliphatic carbocycles. The zero-order valence-corrected chi connectivity index (χ0v) is 12.5. The highest BCUT2D eigenvalue weighted by Crippen LogP contribution is 2.32. The van der Waals surface area contributed by atoms with Crippen molar-refractivity contribution in [2.24, 2.45) is 5.73 Å². The molecule has 0 aromatic heterocycles. The highest BCUT2D eigenvalue weighted by molar-refractivity contribution is 5.44. The topological polar surface area (TPSA) is 44.5 Å². The number of methoxy groups -OCH3 is 1. The molecule has 0 spiro atoms. The number of rotatable bonds is 5. The lowest BCUT2D eigenvalue weighted by Crippen LogP contribution is -2.13. The van der Waals surface area contributed by atoms with Gasteiger partial charge in [-0.3, -0.25) is 0 Å². The molecule has 0 radical (unpaired) electrons. The average molecular weight is 283 g/mol. The van der Waals surface area contributed by atoms with Gasteiger partial charge in [0.1, 0.15) is 11.5 Å². The van der Waals surface area contributed by atoms with Crippen LogP contribution in [0, 0.1) is 6.92 Å². The molecule has 0 heterocycles. The van der Waals surface area contributed by atoms with Crippen LogP contribution in [-0.2, 0) is 0 Å². The smallest absolute Gasteiger partial charge is 0.124 e. The molecule has 110 valence electrons. The van der Waals surface area contributed by atoms with Gasteiger partial charge < -0.3 is 15.2 Å². The molecule has 1 saturated carbocycles. The van der Waals surface area contributed by atoms with Crippen LogP contribution in [0.15, 0.2) is 42.5 Å². The Morgan fingerprint density at radius 1 is 1.14 bits per heavy atom. The minimum absolute atomic E-state index is 0.219. The third kappa shape index (κ3) is 3.19. The summed E-state index contributed by atoms with van der Waals surface area (Å²) < 4.78 is 11.3. The van der Waals surface area contributed by atoms with E-state index in [9.17, 15) is 0 Å². The van der Waals surface area contributed by atoms with Gasteiger partial charge in [-0.2, -0.15) is 0 Å². The fourth-order valence-electron chi connectivity index (χ4n) is 2.41. The highest BCUT2D eigenvalue weighted by Gasteiger charge is 2.24. The summed E-state index contributed by atoms with van der Waals surface area (Å²) in [5, 5.41) is 0. The number of nitrogens with two attached hydrogens (primary N) is 1. The number of benzene rings is 2. The molecule has 2 aromatic rings. The van der Waals surface area contributed by atoms with Gasteiger partial charge in [-0.1, -0.05) is 24.3 Å². The molecule has 1 unspecified atom stereocenters. The zero-order valence-electron chi connectivity index (χ0n) is 12.5. The fourth-order valence-corrected chi connectivity index (χ4v) is 2.41. The molecule has 1 fully saturated rings. The van der Waals surface area contributed by atoms with Gasteiger partial charge in [0.2, 0.25) is 0 Å². The summed E-state index contributed by atoms with van der Waals surface area (Å²) in [7, 11) is 1.68. The van der Waals surface area contributed by atoms with Crippen molar-refractivity contribution in [3.63, 3.8) is 0 Å². The third-order valence-corrected chi connectivity index (χ3v) is 3.77. The van der Waals surface area contributed by atoms with E-state index in [1.54, 1.807) is 7.11 Å². The quantitative estimate of drug-likeness (QED) is 0.912. The van der Waals surface area contributed by atoms with Gasteiger partial charge in [0.25, 0.3) is 0 Å². The molecule has 3 rings (SSSR count). The van der Waals surface area contributed by atoms with Crippen molar-refractivity contribution in [2.75, 3.05) is 7.11 Å². The average Bonchev–Trinajstić information content (AvgIpc) is 3.30. The van der Waals surface area contributed by atoms with Gasteiger partial charge >= 0.3 is 0 Å². The SMILES string of the molecule is COc1cc(C)ccc1C(N)c1cccc(OC2CC2)c1. The van der Waals surface area contributed by atoms with Gasteiger partial charge in [-0.25, -0.2) is 0 Å². The molecule has 1 atom stereocenters. The van der Waals surface area contributed by atoms with Crippen molar-refractivity contribution in [1.29, 1.82) is 0 Å². The van der Waals surface area contributed by atoms with Crippen molar-refractivity contribution in [3.05, 3.63) is 59.2 Å². The van der Waals surface area contributed by atoms with Crippen molar-refractivity contribution >= 4 is 0 Å². The Labute approximate surface area is 125 Å². The molecular formula is C18H21NO2. The minimum Gasteiger partial charge on any atom is -0.496 e. The number of hydrogen-bond donors (Lipinski definition) is 1. The second-order valence-corrected chi connectivity index (χ2v) is 5.61. The predicted molar refractivity (Wildman–Crippen MR) is 83.9 cm³/mol. The molecule has 3 heteroatoms. The lowest BCUT2D eigenvalue weighted by molar-refractivity contribution is 0.303. The molecule has 0 bridgehead atoms. The first-order valence-corrected chi connectivity index (χ1v) is 7.34. The number of aryl methyl sites for hydroxylation is 1. The van der Waals surface area contributed by atoms with Gasteiger partial charge in [-0.15, -0.1) is 0 Å². The van der Waals surface area contributed by atoms with Gasteiger partial charge in [0.05, 0.1) is 19.3 Å². The maximum atomic E-state index is 6.42. The third-order valence-electron chi connectivity index (χ3n) is 3.77. The second kappa shape index (κ2) is 5.78. The van der Waals surface area contributed by atoms with Gasteiger partial charge in [-0.05, 0) is 49.1 Å². The second-order valence-electron chi connectivity index (χ2n) is 5.61. The van der Waals surface area contributed by atoms with Crippen LogP contribution < -0.4 is 15.2 Å². The lowest BCUT2D eigenvalue weighted by atomic mass is 9.97. The van der Waals surface area contributed by atoms with E-state index in [4.69, 9.17) is 15.2 Å². The Balaban J connectivity index is 1.88. The first-order chi connectivity index (χ1) is 10.2.